The first-order chi connectivity index (χ1) is 12.6. The number of amides is 1. The Morgan fingerprint density at radius 2 is 2.23 bits per heavy atom. The zero-order valence-corrected chi connectivity index (χ0v) is 15.7. The van der Waals surface area contributed by atoms with Gasteiger partial charge in [0.25, 0.3) is 5.91 Å². The third kappa shape index (κ3) is 3.31. The molecule has 3 heterocycles. The van der Waals surface area contributed by atoms with Gasteiger partial charge in [0.1, 0.15) is 17.8 Å². The van der Waals surface area contributed by atoms with Crippen LogP contribution >= 0.6 is 11.8 Å². The van der Waals surface area contributed by atoms with Gasteiger partial charge in [-0.3, -0.25) is 4.79 Å². The number of carbonyl (C=O) groups excluding carboxylic acids is 1. The van der Waals surface area contributed by atoms with Crippen LogP contribution in [0, 0.1) is 6.92 Å². The quantitative estimate of drug-likeness (QED) is 0.762. The van der Waals surface area contributed by atoms with E-state index in [0.717, 1.165) is 60.4 Å². The third-order valence-electron chi connectivity index (χ3n) is 5.14. The first kappa shape index (κ1) is 17.4. The summed E-state index contributed by atoms with van der Waals surface area (Å²) in [6.45, 7) is 2.84. The highest BCUT2D eigenvalue weighted by Gasteiger charge is 2.26. The predicted octanol–water partition coefficient (Wildman–Crippen LogP) is 2.05. The minimum absolute atomic E-state index is 0.0295. The van der Waals surface area contributed by atoms with Gasteiger partial charge in [0.2, 0.25) is 0 Å². The second-order valence-corrected chi connectivity index (χ2v) is 8.09. The number of hydrogen-bond donors (Lipinski definition) is 3. The summed E-state index contributed by atoms with van der Waals surface area (Å²) in [6, 6.07) is 0.132. The molecular weight excluding hydrogens is 348 g/mol. The van der Waals surface area contributed by atoms with Gasteiger partial charge in [-0.2, -0.15) is 0 Å². The Morgan fingerprint density at radius 1 is 1.38 bits per heavy atom. The topological polar surface area (TPSA) is 99.9 Å². The molecule has 1 amide bonds. The van der Waals surface area contributed by atoms with Gasteiger partial charge in [0.15, 0.2) is 0 Å². The molecule has 0 aromatic carbocycles. The van der Waals surface area contributed by atoms with Crippen LogP contribution in [0.2, 0.25) is 0 Å². The van der Waals surface area contributed by atoms with E-state index in [4.69, 9.17) is 5.73 Å². The van der Waals surface area contributed by atoms with Crippen LogP contribution < -0.4 is 16.0 Å². The van der Waals surface area contributed by atoms with Crippen molar-refractivity contribution in [3.8, 4) is 0 Å². The molecule has 2 aromatic heterocycles. The fraction of sp³-hybridized carbons (Fsp3) is 0.500. The minimum atomic E-state index is -0.0295. The zero-order chi connectivity index (χ0) is 18.1. The molecule has 0 radical (unpaired) electrons. The monoisotopic (exact) mass is 372 g/mol. The Morgan fingerprint density at radius 3 is 3.08 bits per heavy atom. The smallest absolute Gasteiger partial charge is 0.259 e. The molecule has 2 aliphatic rings. The summed E-state index contributed by atoms with van der Waals surface area (Å²) in [5.41, 5.74) is 8.09. The zero-order valence-electron chi connectivity index (χ0n) is 14.9. The summed E-state index contributed by atoms with van der Waals surface area (Å²) in [7, 11) is 0. The fourth-order valence-electron chi connectivity index (χ4n) is 3.68. The average Bonchev–Trinajstić information content (AvgIpc) is 3.05. The van der Waals surface area contributed by atoms with Crippen LogP contribution in [0.25, 0.3) is 11.0 Å². The molecular formula is C18H24N6OS. The van der Waals surface area contributed by atoms with Crippen molar-refractivity contribution in [3.05, 3.63) is 29.2 Å². The summed E-state index contributed by atoms with van der Waals surface area (Å²) >= 11 is 1.59. The Labute approximate surface area is 156 Å². The molecule has 2 atom stereocenters. The molecule has 0 spiro atoms. The van der Waals surface area contributed by atoms with Crippen molar-refractivity contribution < 1.29 is 4.79 Å². The molecule has 1 fully saturated rings. The van der Waals surface area contributed by atoms with Crippen molar-refractivity contribution in [1.29, 1.82) is 0 Å². The molecule has 8 heteroatoms. The van der Waals surface area contributed by atoms with Gasteiger partial charge >= 0.3 is 0 Å². The minimum Gasteiger partial charge on any atom is -0.347 e. The number of thioether (sulfide) groups is 1. The Bertz CT molecular complexity index is 847. The first-order valence-electron chi connectivity index (χ1n) is 9.10. The summed E-state index contributed by atoms with van der Waals surface area (Å²) < 4.78 is 0. The van der Waals surface area contributed by atoms with Gasteiger partial charge in [-0.05, 0) is 25.3 Å². The summed E-state index contributed by atoms with van der Waals surface area (Å²) in [6.07, 6.45) is 9.62. The van der Waals surface area contributed by atoms with Gasteiger partial charge < -0.3 is 20.9 Å². The lowest BCUT2D eigenvalue weighted by atomic mass is 9.91. The molecule has 1 aliphatic carbocycles. The number of aromatic nitrogens is 3. The summed E-state index contributed by atoms with van der Waals surface area (Å²) in [5, 5.41) is 4.14. The van der Waals surface area contributed by atoms with E-state index >= 15 is 0 Å². The maximum atomic E-state index is 12.7. The number of carbonyl (C=O) groups is 1. The van der Waals surface area contributed by atoms with E-state index in [1.165, 1.54) is 0 Å². The van der Waals surface area contributed by atoms with Gasteiger partial charge in [0, 0.05) is 36.8 Å². The summed E-state index contributed by atoms with van der Waals surface area (Å²) in [5.74, 6) is 1.65. The van der Waals surface area contributed by atoms with Crippen molar-refractivity contribution in [2.75, 3.05) is 17.2 Å². The molecule has 7 nitrogen and oxygen atoms in total. The van der Waals surface area contributed by atoms with Crippen LogP contribution in [0.3, 0.4) is 0 Å². The van der Waals surface area contributed by atoms with Crippen molar-refractivity contribution in [1.82, 2.24) is 20.3 Å². The maximum absolute atomic E-state index is 12.7. The van der Waals surface area contributed by atoms with E-state index in [-0.39, 0.29) is 18.0 Å². The predicted molar refractivity (Wildman–Crippen MR) is 105 cm³/mol. The van der Waals surface area contributed by atoms with Gasteiger partial charge in [-0.1, -0.05) is 12.8 Å². The van der Waals surface area contributed by atoms with Crippen molar-refractivity contribution in [2.45, 2.75) is 44.7 Å². The number of rotatable bonds is 3. The van der Waals surface area contributed by atoms with Crippen molar-refractivity contribution in [2.24, 2.45) is 5.73 Å². The van der Waals surface area contributed by atoms with Gasteiger partial charge in [-0.25, -0.2) is 9.97 Å². The van der Waals surface area contributed by atoms with Crippen LogP contribution in [0.1, 0.15) is 31.2 Å². The molecule has 1 saturated carbocycles. The van der Waals surface area contributed by atoms with Crippen LogP contribution in [0.15, 0.2) is 23.6 Å². The van der Waals surface area contributed by atoms with E-state index in [0.29, 0.717) is 4.91 Å². The van der Waals surface area contributed by atoms with E-state index in [1.54, 1.807) is 18.1 Å². The second-order valence-electron chi connectivity index (χ2n) is 6.96. The van der Waals surface area contributed by atoms with E-state index in [9.17, 15) is 4.79 Å². The van der Waals surface area contributed by atoms with E-state index in [1.807, 2.05) is 19.3 Å². The number of nitrogens with one attached hydrogen (secondary N) is 2. The molecule has 4 rings (SSSR count). The Kier molecular flexibility index (Phi) is 4.86. The number of H-pyrrole nitrogens is 1. The van der Waals surface area contributed by atoms with Crippen LogP contribution in [0.4, 0.5) is 5.82 Å². The molecule has 0 bridgehead atoms. The molecule has 138 valence electrons. The maximum Gasteiger partial charge on any atom is 0.259 e. The number of nitrogens with two attached hydrogens (primary N) is 1. The van der Waals surface area contributed by atoms with Crippen LogP contribution in [-0.2, 0) is 4.79 Å². The highest BCUT2D eigenvalue weighted by atomic mass is 32.2. The standard InChI is InChI=1S/C18H24N6OS/c1-11-8-20-16-15(11)17(22-10-21-16)24-6-7-26-14(9-24)18(25)23-13-5-3-2-4-12(13)19/h8-10,12-13H,2-7,19H2,1H3,(H,23,25)(H,20,21,22)/t12-,13+/m0/s1. The molecule has 0 saturated heterocycles. The highest BCUT2D eigenvalue weighted by molar-refractivity contribution is 8.04. The Hall–Kier alpha value is -2.06. The lowest BCUT2D eigenvalue weighted by Gasteiger charge is -2.31. The number of aryl methyl sites for hydroxylation is 1. The highest BCUT2D eigenvalue weighted by Crippen LogP contribution is 2.31. The number of hydrogen-bond acceptors (Lipinski definition) is 6. The second kappa shape index (κ2) is 7.28. The average molecular weight is 372 g/mol. The van der Waals surface area contributed by atoms with E-state index < -0.39 is 0 Å². The number of aromatic amines is 1. The lowest BCUT2D eigenvalue weighted by Crippen LogP contribution is -2.49. The van der Waals surface area contributed by atoms with Crippen molar-refractivity contribution in [3.63, 3.8) is 0 Å². The van der Waals surface area contributed by atoms with Crippen LogP contribution in [-0.4, -0.2) is 45.2 Å². The van der Waals surface area contributed by atoms with Gasteiger partial charge in [-0.15, -0.1) is 11.8 Å². The van der Waals surface area contributed by atoms with Gasteiger partial charge in [0.05, 0.1) is 10.3 Å². The van der Waals surface area contributed by atoms with E-state index in [2.05, 4.69) is 25.2 Å². The lowest BCUT2D eigenvalue weighted by molar-refractivity contribution is -0.117. The number of fused-ring (bicyclic) bond motifs is 1. The number of nitrogens with zero attached hydrogens (tertiary/aromatic N) is 3. The Balaban J connectivity index is 1.57. The third-order valence-corrected chi connectivity index (χ3v) is 6.13. The molecule has 26 heavy (non-hydrogen) atoms. The summed E-state index contributed by atoms with van der Waals surface area (Å²) in [4.78, 5) is 27.4. The molecule has 1 aliphatic heterocycles. The van der Waals surface area contributed by atoms with Crippen LogP contribution in [0.5, 0.6) is 0 Å². The molecule has 2 aromatic rings. The first-order valence-corrected chi connectivity index (χ1v) is 10.1. The largest absolute Gasteiger partial charge is 0.347 e. The normalized spacial score (nSPS) is 23.8. The number of anilines is 1. The molecule has 0 unspecified atom stereocenters. The molecule has 4 N–H and O–H groups in total. The fourth-order valence-corrected chi connectivity index (χ4v) is 4.58. The van der Waals surface area contributed by atoms with Crippen molar-refractivity contribution >= 4 is 34.5 Å². The SMILES string of the molecule is Cc1c[nH]c2ncnc(N3C=C(C(=O)N[C@@H]4CCCC[C@@H]4N)SCC3)c12.